The van der Waals surface area contributed by atoms with Crippen molar-refractivity contribution in [2.45, 2.75) is 25.4 Å². The minimum Gasteiger partial charge on any atom is -0.306 e. The van der Waals surface area contributed by atoms with Crippen molar-refractivity contribution in [2.75, 3.05) is 0 Å². The van der Waals surface area contributed by atoms with Gasteiger partial charge in [0, 0.05) is 17.6 Å². The van der Waals surface area contributed by atoms with Gasteiger partial charge >= 0.3 is 0 Å². The lowest BCUT2D eigenvalue weighted by atomic mass is 10.1. The van der Waals surface area contributed by atoms with Gasteiger partial charge in [0.2, 0.25) is 0 Å². The Hall–Kier alpha value is -1.82. The quantitative estimate of drug-likeness (QED) is 0.924. The fourth-order valence-electron chi connectivity index (χ4n) is 2.79. The average Bonchev–Trinajstić information content (AvgIpc) is 2.87. The minimum absolute atomic E-state index is 0.382. The molecule has 0 saturated carbocycles. The van der Waals surface area contributed by atoms with Crippen molar-refractivity contribution < 1.29 is 0 Å². The lowest BCUT2D eigenvalue weighted by molar-refractivity contribution is 0.530. The maximum atomic E-state index is 8.92. The maximum absolute atomic E-state index is 8.92. The first kappa shape index (κ1) is 13.2. The highest BCUT2D eigenvalue weighted by molar-refractivity contribution is 6.30. The van der Waals surface area contributed by atoms with Crippen LogP contribution in [0, 0.1) is 11.3 Å². The van der Waals surface area contributed by atoms with E-state index in [-0.39, 0.29) is 0 Å². The molecule has 0 saturated heterocycles. The molecule has 0 heterocycles. The SMILES string of the molecule is N#Cc1cccc(CNC2CCc3cc(Cl)ccc32)c1. The number of hydrogen-bond acceptors (Lipinski definition) is 2. The second kappa shape index (κ2) is 5.66. The van der Waals surface area contributed by atoms with E-state index in [9.17, 15) is 0 Å². The highest BCUT2D eigenvalue weighted by atomic mass is 35.5. The lowest BCUT2D eigenvalue weighted by Gasteiger charge is -2.14. The van der Waals surface area contributed by atoms with Gasteiger partial charge in [-0.2, -0.15) is 5.26 Å². The molecule has 1 N–H and O–H groups in total. The summed E-state index contributed by atoms with van der Waals surface area (Å²) in [7, 11) is 0. The molecule has 3 rings (SSSR count). The van der Waals surface area contributed by atoms with Crippen LogP contribution in [0.3, 0.4) is 0 Å². The third kappa shape index (κ3) is 2.70. The van der Waals surface area contributed by atoms with E-state index in [4.69, 9.17) is 16.9 Å². The molecule has 0 spiro atoms. The van der Waals surface area contributed by atoms with Crippen LogP contribution in [-0.4, -0.2) is 0 Å². The number of nitrogens with one attached hydrogen (secondary N) is 1. The van der Waals surface area contributed by atoms with Crippen molar-refractivity contribution in [2.24, 2.45) is 0 Å². The first-order valence-electron chi connectivity index (χ1n) is 6.77. The number of benzene rings is 2. The smallest absolute Gasteiger partial charge is 0.0991 e. The van der Waals surface area contributed by atoms with E-state index in [1.807, 2.05) is 30.3 Å². The van der Waals surface area contributed by atoms with Crippen molar-refractivity contribution in [1.29, 1.82) is 5.26 Å². The van der Waals surface area contributed by atoms with Gasteiger partial charge in [0.25, 0.3) is 0 Å². The second-order valence-corrected chi connectivity index (χ2v) is 5.56. The Kier molecular flexibility index (Phi) is 3.73. The molecule has 100 valence electrons. The molecule has 1 atom stereocenters. The number of rotatable bonds is 3. The molecule has 0 radical (unpaired) electrons. The van der Waals surface area contributed by atoms with Crippen LogP contribution in [-0.2, 0) is 13.0 Å². The summed E-state index contributed by atoms with van der Waals surface area (Å²) in [4.78, 5) is 0. The third-order valence-electron chi connectivity index (χ3n) is 3.79. The summed E-state index contributed by atoms with van der Waals surface area (Å²) in [6.45, 7) is 0.780. The number of halogens is 1. The zero-order valence-electron chi connectivity index (χ0n) is 11.1. The average molecular weight is 283 g/mol. The van der Waals surface area contributed by atoms with Crippen LogP contribution in [0.1, 0.15) is 34.7 Å². The van der Waals surface area contributed by atoms with E-state index in [0.717, 1.165) is 30.0 Å². The summed E-state index contributed by atoms with van der Waals surface area (Å²) < 4.78 is 0. The summed E-state index contributed by atoms with van der Waals surface area (Å²) >= 11 is 6.03. The number of nitrogens with zero attached hydrogens (tertiary/aromatic N) is 1. The van der Waals surface area contributed by atoms with E-state index < -0.39 is 0 Å². The Labute approximate surface area is 124 Å². The van der Waals surface area contributed by atoms with Crippen LogP contribution in [0.5, 0.6) is 0 Å². The Bertz CT molecular complexity index is 673. The number of fused-ring (bicyclic) bond motifs is 1. The Morgan fingerprint density at radius 1 is 1.25 bits per heavy atom. The van der Waals surface area contributed by atoms with Gasteiger partial charge in [-0.15, -0.1) is 0 Å². The van der Waals surface area contributed by atoms with Crippen LogP contribution < -0.4 is 5.32 Å². The molecule has 0 bridgehead atoms. The standard InChI is InChI=1S/C17H15ClN2/c18-15-5-6-16-14(9-15)4-7-17(16)20-11-13-3-1-2-12(8-13)10-19/h1-3,5-6,8-9,17,20H,4,7,11H2. The molecule has 2 aromatic rings. The fraction of sp³-hybridized carbons (Fsp3) is 0.235. The molecule has 0 amide bonds. The topological polar surface area (TPSA) is 35.8 Å². The van der Waals surface area contributed by atoms with Gasteiger partial charge in [0.1, 0.15) is 0 Å². The highest BCUT2D eigenvalue weighted by Crippen LogP contribution is 2.32. The third-order valence-corrected chi connectivity index (χ3v) is 4.03. The molecule has 0 aliphatic heterocycles. The molecule has 1 aliphatic carbocycles. The zero-order chi connectivity index (χ0) is 13.9. The van der Waals surface area contributed by atoms with E-state index in [1.54, 1.807) is 0 Å². The highest BCUT2D eigenvalue weighted by Gasteiger charge is 2.21. The van der Waals surface area contributed by atoms with Crippen molar-refractivity contribution in [3.05, 3.63) is 69.7 Å². The van der Waals surface area contributed by atoms with Gasteiger partial charge < -0.3 is 5.32 Å². The van der Waals surface area contributed by atoms with Crippen LogP contribution in [0.2, 0.25) is 5.02 Å². The fourth-order valence-corrected chi connectivity index (χ4v) is 2.98. The molecular formula is C17H15ClN2. The summed E-state index contributed by atoms with van der Waals surface area (Å²) in [6, 6.07) is 16.4. The van der Waals surface area contributed by atoms with Crippen LogP contribution in [0.25, 0.3) is 0 Å². The molecule has 2 aromatic carbocycles. The largest absolute Gasteiger partial charge is 0.306 e. The molecular weight excluding hydrogens is 268 g/mol. The molecule has 0 fully saturated rings. The Balaban J connectivity index is 1.70. The first-order chi connectivity index (χ1) is 9.76. The minimum atomic E-state index is 0.382. The van der Waals surface area contributed by atoms with E-state index in [1.165, 1.54) is 11.1 Å². The van der Waals surface area contributed by atoms with Crippen molar-refractivity contribution in [3.63, 3.8) is 0 Å². The Morgan fingerprint density at radius 2 is 2.15 bits per heavy atom. The van der Waals surface area contributed by atoms with Crippen molar-refractivity contribution in [3.8, 4) is 6.07 Å². The van der Waals surface area contributed by atoms with Crippen LogP contribution >= 0.6 is 11.6 Å². The monoisotopic (exact) mass is 282 g/mol. The van der Waals surface area contributed by atoms with Crippen molar-refractivity contribution >= 4 is 11.6 Å². The number of hydrogen-bond donors (Lipinski definition) is 1. The van der Waals surface area contributed by atoms with Gasteiger partial charge in [-0.05, 0) is 53.8 Å². The number of aryl methyl sites for hydroxylation is 1. The predicted molar refractivity (Wildman–Crippen MR) is 80.5 cm³/mol. The van der Waals surface area contributed by atoms with Gasteiger partial charge in [-0.3, -0.25) is 0 Å². The molecule has 20 heavy (non-hydrogen) atoms. The van der Waals surface area contributed by atoms with Gasteiger partial charge in [0.15, 0.2) is 0 Å². The van der Waals surface area contributed by atoms with Crippen LogP contribution in [0.4, 0.5) is 0 Å². The van der Waals surface area contributed by atoms with E-state index in [2.05, 4.69) is 23.5 Å². The molecule has 1 aliphatic rings. The molecule has 2 nitrogen and oxygen atoms in total. The van der Waals surface area contributed by atoms with Gasteiger partial charge in [-0.25, -0.2) is 0 Å². The Morgan fingerprint density at radius 3 is 3.00 bits per heavy atom. The summed E-state index contributed by atoms with van der Waals surface area (Å²) in [6.07, 6.45) is 2.18. The summed E-state index contributed by atoms with van der Waals surface area (Å²) in [5, 5.41) is 13.3. The molecule has 1 unspecified atom stereocenters. The van der Waals surface area contributed by atoms with Gasteiger partial charge in [0.05, 0.1) is 11.6 Å². The van der Waals surface area contributed by atoms with E-state index >= 15 is 0 Å². The predicted octanol–water partition coefficient (Wildman–Crippen LogP) is 3.99. The summed E-state index contributed by atoms with van der Waals surface area (Å²) in [5.41, 5.74) is 4.56. The van der Waals surface area contributed by atoms with Gasteiger partial charge in [-0.1, -0.05) is 29.8 Å². The summed E-state index contributed by atoms with van der Waals surface area (Å²) in [5.74, 6) is 0. The van der Waals surface area contributed by atoms with E-state index in [0.29, 0.717) is 11.6 Å². The lowest BCUT2D eigenvalue weighted by Crippen LogP contribution is -2.18. The molecule has 3 heteroatoms. The maximum Gasteiger partial charge on any atom is 0.0991 e. The number of nitriles is 1. The normalized spacial score (nSPS) is 16.7. The van der Waals surface area contributed by atoms with Crippen LogP contribution in [0.15, 0.2) is 42.5 Å². The molecule has 0 aromatic heterocycles. The zero-order valence-corrected chi connectivity index (χ0v) is 11.8. The van der Waals surface area contributed by atoms with Crippen molar-refractivity contribution in [1.82, 2.24) is 5.32 Å². The second-order valence-electron chi connectivity index (χ2n) is 5.13. The first-order valence-corrected chi connectivity index (χ1v) is 7.15.